The van der Waals surface area contributed by atoms with Gasteiger partial charge in [-0.15, -0.1) is 0 Å². The summed E-state index contributed by atoms with van der Waals surface area (Å²) in [6, 6.07) is 6.94. The van der Waals surface area contributed by atoms with E-state index in [2.05, 4.69) is 0 Å². The van der Waals surface area contributed by atoms with Gasteiger partial charge in [0.05, 0.1) is 0 Å². The molecule has 0 aromatic heterocycles. The molecule has 0 bridgehead atoms. The molecule has 0 aliphatic rings. The number of hydrogen-bond donors (Lipinski definition) is 0. The molecule has 0 spiro atoms. The Kier molecular flexibility index (Phi) is 6.19. The van der Waals surface area contributed by atoms with Gasteiger partial charge in [-0.2, -0.15) is 0 Å². The van der Waals surface area contributed by atoms with E-state index < -0.39 is 0 Å². The molecule has 1 rings (SSSR count). The average molecular weight is 166 g/mol. The molecule has 4 N–H and O–H groups in total. The van der Waals surface area contributed by atoms with Crippen LogP contribution in [0.3, 0.4) is 0 Å². The molecule has 64 valence electrons. The zero-order chi connectivity index (χ0) is 7.56. The van der Waals surface area contributed by atoms with Crippen molar-refractivity contribution in [3.8, 4) is 0 Å². The number of hydrogen-bond acceptors (Lipinski definition) is 1. The first kappa shape index (κ1) is 13.5. The zero-order valence-electron chi connectivity index (χ0n) is 6.79. The van der Waals surface area contributed by atoms with Gasteiger partial charge in [0.15, 0.2) is 5.78 Å². The second-order valence-electron chi connectivity index (χ2n) is 2.18. The lowest BCUT2D eigenvalue weighted by atomic mass is 9.94. The highest BCUT2D eigenvalue weighted by atomic mass is 16.1. The molecule has 0 unspecified atom stereocenters. The first-order chi connectivity index (χ1) is 4.70. The van der Waals surface area contributed by atoms with Crippen LogP contribution in [0.4, 0.5) is 0 Å². The van der Waals surface area contributed by atoms with Crippen LogP contribution in [0.5, 0.6) is 0 Å². The lowest BCUT2D eigenvalue weighted by Gasteiger charge is -1.95. The topological polar surface area (TPSA) is 80.1 Å². The summed E-state index contributed by atoms with van der Waals surface area (Å²) in [4.78, 5) is 10.7. The minimum absolute atomic E-state index is 0. The summed E-state index contributed by atoms with van der Waals surface area (Å²) >= 11 is 0. The zero-order valence-corrected chi connectivity index (χ0v) is 6.79. The summed E-state index contributed by atoms with van der Waals surface area (Å²) < 4.78 is 0. The number of carbonyl (C=O) groups is 1. The highest BCUT2D eigenvalue weighted by Crippen LogP contribution is 1.95. The van der Waals surface area contributed by atoms with Crippen LogP contribution in [0.2, 0.25) is 0 Å². The second-order valence-corrected chi connectivity index (χ2v) is 2.18. The van der Waals surface area contributed by atoms with Crippen molar-refractivity contribution >= 4 is 19.1 Å². The Labute approximate surface area is 72.4 Å². The van der Waals surface area contributed by atoms with Crippen molar-refractivity contribution in [3.63, 3.8) is 0 Å². The second kappa shape index (κ2) is 5.52. The third-order valence-corrected chi connectivity index (χ3v) is 1.29. The number of Topliss-reactive ketones (excluding diaryl/α,β-unsaturated/α-hetero) is 1. The maximum Gasteiger partial charge on any atom is 0.159 e. The van der Waals surface area contributed by atoms with Gasteiger partial charge in [-0.25, -0.2) is 0 Å². The first-order valence-electron chi connectivity index (χ1n) is 3.06. The molecule has 0 amide bonds. The molecule has 0 fully saturated rings. The van der Waals surface area contributed by atoms with Gasteiger partial charge in [0.2, 0.25) is 0 Å². The predicted octanol–water partition coefficient (Wildman–Crippen LogP) is -0.966. The van der Waals surface area contributed by atoms with Crippen LogP contribution >= 0.6 is 0 Å². The van der Waals surface area contributed by atoms with Crippen molar-refractivity contribution in [2.75, 3.05) is 0 Å². The van der Waals surface area contributed by atoms with Gasteiger partial charge in [0.25, 0.3) is 0 Å². The number of benzene rings is 1. The Morgan fingerprint density at radius 1 is 1.33 bits per heavy atom. The summed E-state index contributed by atoms with van der Waals surface area (Å²) in [6.45, 7) is 1.52. The normalized spacial score (nSPS) is 7.75. The molecule has 0 saturated carbocycles. The summed E-state index contributed by atoms with van der Waals surface area (Å²) in [7, 11) is 5.44. The van der Waals surface area contributed by atoms with Crippen LogP contribution in [0.15, 0.2) is 24.3 Å². The van der Waals surface area contributed by atoms with E-state index in [1.807, 2.05) is 0 Å². The van der Waals surface area contributed by atoms with Crippen molar-refractivity contribution < 1.29 is 15.7 Å². The molecule has 1 aromatic carbocycles. The third-order valence-electron chi connectivity index (χ3n) is 1.29. The maximum absolute atomic E-state index is 10.7. The molecule has 2 radical (unpaired) electrons. The fourth-order valence-corrected chi connectivity index (χ4v) is 0.758. The predicted molar refractivity (Wildman–Crippen MR) is 49.1 cm³/mol. The number of carbonyl (C=O) groups excluding carboxylic acids is 1. The van der Waals surface area contributed by atoms with E-state index in [4.69, 9.17) is 7.85 Å². The largest absolute Gasteiger partial charge is 0.412 e. The van der Waals surface area contributed by atoms with Crippen molar-refractivity contribution in [1.29, 1.82) is 0 Å². The van der Waals surface area contributed by atoms with E-state index in [9.17, 15) is 4.79 Å². The fraction of sp³-hybridized carbons (Fsp3) is 0.125. The Morgan fingerprint density at radius 3 is 2.25 bits per heavy atom. The van der Waals surface area contributed by atoms with Gasteiger partial charge in [-0.1, -0.05) is 29.7 Å². The molecule has 1 aromatic rings. The van der Waals surface area contributed by atoms with Gasteiger partial charge >= 0.3 is 0 Å². The molecule has 3 nitrogen and oxygen atoms in total. The molecular formula is C8H11BO3. The van der Waals surface area contributed by atoms with E-state index in [0.29, 0.717) is 11.0 Å². The molecule has 12 heavy (non-hydrogen) atoms. The van der Waals surface area contributed by atoms with Crippen LogP contribution in [-0.4, -0.2) is 24.6 Å². The van der Waals surface area contributed by atoms with Gasteiger partial charge in [0, 0.05) is 5.56 Å². The van der Waals surface area contributed by atoms with Gasteiger partial charge in [-0.05, 0) is 6.92 Å². The van der Waals surface area contributed by atoms with E-state index in [0.717, 1.165) is 0 Å². The third kappa shape index (κ3) is 3.32. The van der Waals surface area contributed by atoms with Crippen molar-refractivity contribution in [2.24, 2.45) is 0 Å². The monoisotopic (exact) mass is 166 g/mol. The van der Waals surface area contributed by atoms with Crippen molar-refractivity contribution in [3.05, 3.63) is 29.8 Å². The first-order valence-corrected chi connectivity index (χ1v) is 3.06. The van der Waals surface area contributed by atoms with Crippen LogP contribution in [0.25, 0.3) is 0 Å². The molecule has 0 aliphatic carbocycles. The Hall–Kier alpha value is -1.13. The lowest BCUT2D eigenvalue weighted by molar-refractivity contribution is 0.101. The van der Waals surface area contributed by atoms with Gasteiger partial charge in [0.1, 0.15) is 7.85 Å². The quantitative estimate of drug-likeness (QED) is 0.390. The SMILES string of the molecule is O.O.[B]c1cccc(C(C)=O)c1. The summed E-state index contributed by atoms with van der Waals surface area (Å²) in [5, 5.41) is 0. The minimum Gasteiger partial charge on any atom is -0.412 e. The Bertz CT molecular complexity index is 260. The van der Waals surface area contributed by atoms with Crippen LogP contribution in [0, 0.1) is 0 Å². The summed E-state index contributed by atoms with van der Waals surface area (Å²) in [6.07, 6.45) is 0. The van der Waals surface area contributed by atoms with Crippen LogP contribution < -0.4 is 5.46 Å². The summed E-state index contributed by atoms with van der Waals surface area (Å²) in [5.74, 6) is 0.0484. The lowest BCUT2D eigenvalue weighted by Crippen LogP contribution is -2.04. The van der Waals surface area contributed by atoms with E-state index in [-0.39, 0.29) is 16.7 Å². The molecule has 0 aliphatic heterocycles. The summed E-state index contributed by atoms with van der Waals surface area (Å²) in [5.41, 5.74) is 1.30. The average Bonchev–Trinajstić information content (AvgIpc) is 1.88. The maximum atomic E-state index is 10.7. The standard InChI is InChI=1S/C8H7BO.2H2O/c1-6(10)7-3-2-4-8(9)5-7;;/h2-5H,1H3;2*1H2. The van der Waals surface area contributed by atoms with E-state index in [1.165, 1.54) is 6.92 Å². The molecular weight excluding hydrogens is 155 g/mol. The molecule has 0 heterocycles. The van der Waals surface area contributed by atoms with Crippen molar-refractivity contribution in [2.45, 2.75) is 6.92 Å². The van der Waals surface area contributed by atoms with Gasteiger partial charge in [-0.3, -0.25) is 4.79 Å². The molecule has 0 atom stereocenters. The van der Waals surface area contributed by atoms with E-state index in [1.54, 1.807) is 24.3 Å². The molecule has 4 heteroatoms. The number of rotatable bonds is 1. The highest BCUT2D eigenvalue weighted by molar-refractivity contribution is 6.32. The minimum atomic E-state index is 0. The van der Waals surface area contributed by atoms with E-state index >= 15 is 0 Å². The van der Waals surface area contributed by atoms with Crippen molar-refractivity contribution in [1.82, 2.24) is 0 Å². The smallest absolute Gasteiger partial charge is 0.159 e. The fourth-order valence-electron chi connectivity index (χ4n) is 0.758. The number of ketones is 1. The molecule has 0 saturated heterocycles. The Balaban J connectivity index is 0. The Morgan fingerprint density at radius 2 is 1.92 bits per heavy atom. The highest BCUT2D eigenvalue weighted by Gasteiger charge is 1.95. The van der Waals surface area contributed by atoms with Crippen LogP contribution in [0.1, 0.15) is 17.3 Å². The van der Waals surface area contributed by atoms with Gasteiger partial charge < -0.3 is 11.0 Å². The van der Waals surface area contributed by atoms with Crippen LogP contribution in [-0.2, 0) is 0 Å².